The van der Waals surface area contributed by atoms with Gasteiger partial charge in [-0.1, -0.05) is 0 Å². The number of halogens is 3. The van der Waals surface area contributed by atoms with Crippen molar-refractivity contribution < 1.29 is 21.6 Å². The molecule has 0 saturated carbocycles. The Morgan fingerprint density at radius 3 is 2.35 bits per heavy atom. The number of hydrogen-bond acceptors (Lipinski definition) is 10. The van der Waals surface area contributed by atoms with Gasteiger partial charge in [0.1, 0.15) is 5.56 Å². The summed E-state index contributed by atoms with van der Waals surface area (Å²) < 4.78 is 72.4. The number of likely N-dealkylation sites (N-methyl/N-ethyl adjacent to an activating group) is 1. The summed E-state index contributed by atoms with van der Waals surface area (Å²) in [5, 5.41) is 7.42. The monoisotopic (exact) mass is 659 g/mol. The van der Waals surface area contributed by atoms with E-state index >= 15 is 0 Å². The van der Waals surface area contributed by atoms with Crippen LogP contribution in [0.2, 0.25) is 0 Å². The molecule has 2 saturated heterocycles. The molecule has 46 heavy (non-hydrogen) atoms. The largest absolute Gasteiger partial charge is 0.419 e. The predicted molar refractivity (Wildman–Crippen MR) is 164 cm³/mol. The average molecular weight is 660 g/mol. The summed E-state index contributed by atoms with van der Waals surface area (Å²) in [5.74, 6) is 0.0212. The first-order valence-electron chi connectivity index (χ1n) is 15.0. The Kier molecular flexibility index (Phi) is 8.84. The minimum absolute atomic E-state index is 0.0212. The average Bonchev–Trinajstić information content (AvgIpc) is 3.68. The minimum atomic E-state index is -4.69. The molecule has 1 N–H and O–H groups in total. The van der Waals surface area contributed by atoms with E-state index in [4.69, 9.17) is 4.98 Å². The Morgan fingerprint density at radius 1 is 0.957 bits per heavy atom. The SMILES string of the molecule is Cc1nc(CN2CCN(C)CC2)ccc1-n1cc(-c2nc(NC3CCN(S(=O)(=O)c4cn(C)cn4)CC3)ncc2C(F)(F)F)cn1. The van der Waals surface area contributed by atoms with Crippen LogP contribution in [0, 0.1) is 6.92 Å². The molecule has 0 spiro atoms. The molecular weight excluding hydrogens is 623 g/mol. The first-order valence-corrected chi connectivity index (χ1v) is 16.4. The van der Waals surface area contributed by atoms with Crippen molar-refractivity contribution in [1.29, 1.82) is 0 Å². The minimum Gasteiger partial charge on any atom is -0.351 e. The zero-order chi connectivity index (χ0) is 32.6. The van der Waals surface area contributed by atoms with Gasteiger partial charge in [-0.05, 0) is 38.9 Å². The van der Waals surface area contributed by atoms with Crippen LogP contribution in [0.1, 0.15) is 29.8 Å². The lowest BCUT2D eigenvalue weighted by atomic mass is 10.1. The number of nitrogens with zero attached hydrogens (tertiary/aromatic N) is 10. The van der Waals surface area contributed by atoms with Crippen LogP contribution in [0.25, 0.3) is 16.9 Å². The van der Waals surface area contributed by atoms with E-state index in [1.54, 1.807) is 11.6 Å². The number of anilines is 1. The Morgan fingerprint density at radius 2 is 1.70 bits per heavy atom. The zero-order valence-corrected chi connectivity index (χ0v) is 26.6. The van der Waals surface area contributed by atoms with Crippen molar-refractivity contribution in [2.45, 2.75) is 43.6 Å². The van der Waals surface area contributed by atoms with Gasteiger partial charge in [0, 0.05) is 83.1 Å². The highest BCUT2D eigenvalue weighted by molar-refractivity contribution is 7.89. The molecule has 13 nitrogen and oxygen atoms in total. The molecule has 0 aliphatic carbocycles. The molecule has 0 unspecified atom stereocenters. The first-order chi connectivity index (χ1) is 21.9. The molecule has 0 radical (unpaired) electrons. The maximum absolute atomic E-state index is 14.1. The quantitative estimate of drug-likeness (QED) is 0.302. The molecule has 6 rings (SSSR count). The molecule has 6 heterocycles. The molecule has 0 bridgehead atoms. The first kappa shape index (κ1) is 32.0. The number of nitrogens with one attached hydrogen (secondary N) is 1. The molecule has 2 aliphatic rings. The number of imidazole rings is 1. The second-order valence-corrected chi connectivity index (χ2v) is 13.7. The summed E-state index contributed by atoms with van der Waals surface area (Å²) in [6, 6.07) is 3.56. The molecule has 2 aliphatic heterocycles. The van der Waals surface area contributed by atoms with Crippen LogP contribution in [0.5, 0.6) is 0 Å². The number of pyridine rings is 1. The molecule has 4 aromatic heterocycles. The van der Waals surface area contributed by atoms with Gasteiger partial charge in [-0.25, -0.2) is 28.1 Å². The zero-order valence-electron chi connectivity index (χ0n) is 25.8. The fourth-order valence-corrected chi connectivity index (χ4v) is 7.14. The normalized spacial score (nSPS) is 17.9. The predicted octanol–water partition coefficient (Wildman–Crippen LogP) is 2.80. The van der Waals surface area contributed by atoms with Crippen molar-refractivity contribution in [2.75, 3.05) is 51.6 Å². The van der Waals surface area contributed by atoms with Crippen LogP contribution >= 0.6 is 0 Å². The van der Waals surface area contributed by atoms with Gasteiger partial charge < -0.3 is 14.8 Å². The maximum Gasteiger partial charge on any atom is 0.419 e. The third kappa shape index (κ3) is 6.91. The second-order valence-electron chi connectivity index (χ2n) is 11.8. The van der Waals surface area contributed by atoms with E-state index in [-0.39, 0.29) is 41.4 Å². The highest BCUT2D eigenvalue weighted by Gasteiger charge is 2.36. The van der Waals surface area contributed by atoms with Gasteiger partial charge in [0.05, 0.1) is 35.3 Å². The summed E-state index contributed by atoms with van der Waals surface area (Å²) in [5.41, 5.74) is 1.18. The number of aryl methyl sites for hydroxylation is 2. The summed E-state index contributed by atoms with van der Waals surface area (Å²) in [4.78, 5) is 21.6. The van der Waals surface area contributed by atoms with E-state index in [2.05, 4.69) is 42.2 Å². The Labute approximate surface area is 265 Å². The van der Waals surface area contributed by atoms with E-state index < -0.39 is 21.8 Å². The number of sulfonamides is 1. The van der Waals surface area contributed by atoms with Crippen molar-refractivity contribution >= 4 is 16.0 Å². The van der Waals surface area contributed by atoms with Gasteiger partial charge in [0.15, 0.2) is 5.03 Å². The smallest absolute Gasteiger partial charge is 0.351 e. The Bertz CT molecular complexity index is 1790. The Balaban J connectivity index is 1.17. The van der Waals surface area contributed by atoms with Crippen LogP contribution < -0.4 is 5.32 Å². The van der Waals surface area contributed by atoms with E-state index in [1.807, 2.05) is 19.1 Å². The Hall–Kier alpha value is -3.93. The van der Waals surface area contributed by atoms with Gasteiger partial charge in [-0.2, -0.15) is 22.6 Å². The second kappa shape index (κ2) is 12.7. The lowest BCUT2D eigenvalue weighted by Gasteiger charge is -2.32. The van der Waals surface area contributed by atoms with E-state index in [0.717, 1.165) is 44.6 Å². The third-order valence-electron chi connectivity index (χ3n) is 8.37. The number of piperidine rings is 1. The highest BCUT2D eigenvalue weighted by atomic mass is 32.2. The summed E-state index contributed by atoms with van der Waals surface area (Å²) in [7, 11) is 0.0605. The molecule has 0 aromatic carbocycles. The van der Waals surface area contributed by atoms with Crippen LogP contribution in [-0.4, -0.2) is 109 Å². The van der Waals surface area contributed by atoms with Crippen molar-refractivity contribution in [3.05, 3.63) is 60.2 Å². The van der Waals surface area contributed by atoms with Crippen molar-refractivity contribution in [1.82, 2.24) is 48.4 Å². The van der Waals surface area contributed by atoms with E-state index in [0.29, 0.717) is 24.2 Å². The summed E-state index contributed by atoms with van der Waals surface area (Å²) in [6.45, 7) is 6.96. The maximum atomic E-state index is 14.1. The lowest BCUT2D eigenvalue weighted by molar-refractivity contribution is -0.137. The van der Waals surface area contributed by atoms with Gasteiger partial charge in [-0.15, -0.1) is 0 Å². The molecule has 17 heteroatoms. The number of hydrogen-bond donors (Lipinski definition) is 1. The van der Waals surface area contributed by atoms with Crippen LogP contribution in [0.4, 0.5) is 19.1 Å². The van der Waals surface area contributed by atoms with Crippen molar-refractivity contribution in [2.24, 2.45) is 7.05 Å². The van der Waals surface area contributed by atoms with Gasteiger partial charge >= 0.3 is 6.18 Å². The lowest BCUT2D eigenvalue weighted by Crippen LogP contribution is -2.44. The van der Waals surface area contributed by atoms with Gasteiger partial charge in [0.25, 0.3) is 10.0 Å². The number of alkyl halides is 3. The number of aromatic nitrogens is 7. The molecule has 246 valence electrons. The molecule has 0 atom stereocenters. The molecule has 4 aromatic rings. The fourth-order valence-electron chi connectivity index (χ4n) is 5.70. The molecular formula is C29H36F3N11O2S. The topological polar surface area (TPSA) is 130 Å². The van der Waals surface area contributed by atoms with Crippen LogP contribution in [-0.2, 0) is 29.8 Å². The van der Waals surface area contributed by atoms with Crippen molar-refractivity contribution in [3.8, 4) is 16.9 Å². The summed E-state index contributed by atoms with van der Waals surface area (Å²) >= 11 is 0. The van der Waals surface area contributed by atoms with Crippen LogP contribution in [0.15, 0.2) is 48.3 Å². The highest BCUT2D eigenvalue weighted by Crippen LogP contribution is 2.36. The van der Waals surface area contributed by atoms with Gasteiger partial charge in [0.2, 0.25) is 5.95 Å². The number of piperazine rings is 1. The summed E-state index contributed by atoms with van der Waals surface area (Å²) in [6.07, 6.45) is 2.64. The third-order valence-corrected chi connectivity index (χ3v) is 10.2. The van der Waals surface area contributed by atoms with Gasteiger partial charge in [-0.3, -0.25) is 9.88 Å². The molecule has 2 fully saturated rings. The van der Waals surface area contributed by atoms with E-state index in [1.165, 1.54) is 33.9 Å². The van der Waals surface area contributed by atoms with Crippen molar-refractivity contribution in [3.63, 3.8) is 0 Å². The van der Waals surface area contributed by atoms with Crippen LogP contribution in [0.3, 0.4) is 0 Å². The molecule has 0 amide bonds. The number of rotatable bonds is 8. The standard InChI is InChI=1S/C29H36F3N11O2S/c1-20-25(5-4-23(36-20)17-41-12-10-39(2)11-13-41)43-16-21(14-35-43)27-24(29(30,31)32)15-33-28(38-27)37-22-6-8-42(9-7-22)46(44,45)26-18-40(3)19-34-26/h4-5,14-16,18-19,22H,6-13,17H2,1-3H3,(H,33,37,38). The van der Waals surface area contributed by atoms with E-state index in [9.17, 15) is 21.6 Å². The fraction of sp³-hybridized carbons (Fsp3) is 0.483.